The van der Waals surface area contributed by atoms with Crippen LogP contribution in [0.5, 0.6) is 0 Å². The van der Waals surface area contributed by atoms with Crippen molar-refractivity contribution in [2.24, 2.45) is 0 Å². The Hall–Kier alpha value is -1.88. The standard InChI is InChI=1S/C10H11NO4/c12-8(10(14)15)6-9(13)11-7-4-2-1-3-5-7/h1-5,8,12H,6H2,(H,11,13)(H,14,15)/t8-/m1/s1. The van der Waals surface area contributed by atoms with Crippen molar-refractivity contribution in [2.45, 2.75) is 12.5 Å². The maximum Gasteiger partial charge on any atom is 0.333 e. The number of hydrogen-bond acceptors (Lipinski definition) is 3. The highest BCUT2D eigenvalue weighted by Gasteiger charge is 2.17. The Morgan fingerprint density at radius 3 is 2.40 bits per heavy atom. The van der Waals surface area contributed by atoms with Gasteiger partial charge in [0, 0.05) is 5.69 Å². The summed E-state index contributed by atoms with van der Waals surface area (Å²) in [4.78, 5) is 21.5. The fourth-order valence-corrected chi connectivity index (χ4v) is 0.996. The minimum atomic E-state index is -1.66. The molecule has 0 aromatic heterocycles. The van der Waals surface area contributed by atoms with Gasteiger partial charge < -0.3 is 15.5 Å². The van der Waals surface area contributed by atoms with Crippen molar-refractivity contribution in [3.8, 4) is 0 Å². The first-order valence-corrected chi connectivity index (χ1v) is 4.35. The third-order valence-electron chi connectivity index (χ3n) is 1.72. The molecule has 0 saturated heterocycles. The van der Waals surface area contributed by atoms with Crippen LogP contribution in [0.2, 0.25) is 0 Å². The van der Waals surface area contributed by atoms with Gasteiger partial charge in [-0.05, 0) is 12.1 Å². The summed E-state index contributed by atoms with van der Waals surface area (Å²) in [5, 5.41) is 19.7. The first-order chi connectivity index (χ1) is 7.09. The maximum absolute atomic E-state index is 11.2. The summed E-state index contributed by atoms with van der Waals surface area (Å²) in [6.07, 6.45) is -2.11. The lowest BCUT2D eigenvalue weighted by molar-refractivity contribution is -0.148. The minimum absolute atomic E-state index is 0.454. The summed E-state index contributed by atoms with van der Waals surface area (Å²) in [7, 11) is 0. The van der Waals surface area contributed by atoms with Crippen molar-refractivity contribution < 1.29 is 19.8 Å². The summed E-state index contributed by atoms with van der Waals surface area (Å²) in [5.41, 5.74) is 0.570. The molecule has 3 N–H and O–H groups in total. The third-order valence-corrected chi connectivity index (χ3v) is 1.72. The molecular weight excluding hydrogens is 198 g/mol. The van der Waals surface area contributed by atoms with E-state index in [0.29, 0.717) is 5.69 Å². The van der Waals surface area contributed by atoms with Crippen LogP contribution in [0.15, 0.2) is 30.3 Å². The van der Waals surface area contributed by atoms with Crippen LogP contribution >= 0.6 is 0 Å². The van der Waals surface area contributed by atoms with Gasteiger partial charge in [0.15, 0.2) is 6.10 Å². The van der Waals surface area contributed by atoms with Crippen LogP contribution in [0.3, 0.4) is 0 Å². The quantitative estimate of drug-likeness (QED) is 0.672. The molecule has 0 aliphatic rings. The zero-order valence-electron chi connectivity index (χ0n) is 7.88. The van der Waals surface area contributed by atoms with Gasteiger partial charge in [-0.3, -0.25) is 4.79 Å². The molecule has 15 heavy (non-hydrogen) atoms. The van der Waals surface area contributed by atoms with Gasteiger partial charge in [0.1, 0.15) is 0 Å². The number of carbonyl (C=O) groups is 2. The van der Waals surface area contributed by atoms with Crippen LogP contribution in [-0.2, 0) is 9.59 Å². The van der Waals surface area contributed by atoms with Gasteiger partial charge in [0.2, 0.25) is 5.91 Å². The third kappa shape index (κ3) is 3.78. The fourth-order valence-electron chi connectivity index (χ4n) is 0.996. The number of carboxylic acid groups (broad SMARTS) is 1. The molecule has 0 aliphatic heterocycles. The van der Waals surface area contributed by atoms with Crippen molar-refractivity contribution in [1.29, 1.82) is 0 Å². The molecule has 80 valence electrons. The first kappa shape index (κ1) is 11.2. The van der Waals surface area contributed by atoms with Gasteiger partial charge in [-0.25, -0.2) is 4.79 Å². The van der Waals surface area contributed by atoms with Gasteiger partial charge in [-0.15, -0.1) is 0 Å². The number of benzene rings is 1. The van der Waals surface area contributed by atoms with E-state index < -0.39 is 24.4 Å². The minimum Gasteiger partial charge on any atom is -0.479 e. The van der Waals surface area contributed by atoms with Gasteiger partial charge in [0.25, 0.3) is 0 Å². The van der Waals surface area contributed by atoms with Crippen molar-refractivity contribution in [2.75, 3.05) is 5.32 Å². The van der Waals surface area contributed by atoms with Crippen LogP contribution in [-0.4, -0.2) is 28.2 Å². The van der Waals surface area contributed by atoms with E-state index in [-0.39, 0.29) is 0 Å². The van der Waals surface area contributed by atoms with Gasteiger partial charge in [-0.1, -0.05) is 18.2 Å². The van der Waals surface area contributed by atoms with Gasteiger partial charge >= 0.3 is 5.97 Å². The van der Waals surface area contributed by atoms with Crippen molar-refractivity contribution in [3.05, 3.63) is 30.3 Å². The smallest absolute Gasteiger partial charge is 0.333 e. The number of para-hydroxylation sites is 1. The molecule has 0 heterocycles. The average Bonchev–Trinajstić information content (AvgIpc) is 2.18. The molecule has 0 bridgehead atoms. The summed E-state index contributed by atoms with van der Waals surface area (Å²) in [6.45, 7) is 0. The summed E-state index contributed by atoms with van der Waals surface area (Å²) in [5.74, 6) is -1.94. The highest BCUT2D eigenvalue weighted by atomic mass is 16.4. The zero-order valence-corrected chi connectivity index (χ0v) is 7.88. The Bertz CT molecular complexity index is 350. The van der Waals surface area contributed by atoms with E-state index in [2.05, 4.69) is 5.32 Å². The maximum atomic E-state index is 11.2. The Kier molecular flexibility index (Phi) is 3.82. The molecule has 0 spiro atoms. The summed E-state index contributed by atoms with van der Waals surface area (Å²) >= 11 is 0. The zero-order chi connectivity index (χ0) is 11.3. The number of carbonyl (C=O) groups excluding carboxylic acids is 1. The second kappa shape index (κ2) is 5.11. The van der Waals surface area contributed by atoms with E-state index >= 15 is 0 Å². The van der Waals surface area contributed by atoms with Crippen molar-refractivity contribution >= 4 is 17.6 Å². The lowest BCUT2D eigenvalue weighted by Gasteiger charge is -2.06. The number of aliphatic hydroxyl groups is 1. The Labute approximate surface area is 86.4 Å². The number of anilines is 1. The molecule has 1 amide bonds. The van der Waals surface area contributed by atoms with Crippen LogP contribution in [0, 0.1) is 0 Å². The lowest BCUT2D eigenvalue weighted by Crippen LogP contribution is -2.26. The molecular formula is C10H11NO4. The average molecular weight is 209 g/mol. The Balaban J connectivity index is 2.47. The first-order valence-electron chi connectivity index (χ1n) is 4.35. The number of amides is 1. The molecule has 1 aromatic rings. The predicted molar refractivity (Wildman–Crippen MR) is 53.3 cm³/mol. The predicted octanol–water partition coefficient (Wildman–Crippen LogP) is 0.461. The highest BCUT2D eigenvalue weighted by molar-refractivity contribution is 5.93. The van der Waals surface area contributed by atoms with Gasteiger partial charge in [-0.2, -0.15) is 0 Å². The number of carboxylic acids is 1. The van der Waals surface area contributed by atoms with E-state index in [9.17, 15) is 9.59 Å². The van der Waals surface area contributed by atoms with Crippen molar-refractivity contribution in [1.82, 2.24) is 0 Å². The molecule has 0 fully saturated rings. The molecule has 1 aromatic carbocycles. The second-order valence-corrected chi connectivity index (χ2v) is 2.97. The Morgan fingerprint density at radius 1 is 1.27 bits per heavy atom. The van der Waals surface area contributed by atoms with Crippen LogP contribution < -0.4 is 5.32 Å². The number of aliphatic carboxylic acids is 1. The van der Waals surface area contributed by atoms with E-state index in [1.165, 1.54) is 0 Å². The van der Waals surface area contributed by atoms with Crippen molar-refractivity contribution in [3.63, 3.8) is 0 Å². The number of rotatable bonds is 4. The van der Waals surface area contributed by atoms with E-state index in [4.69, 9.17) is 10.2 Å². The van der Waals surface area contributed by atoms with Crippen LogP contribution in [0.4, 0.5) is 5.69 Å². The normalized spacial score (nSPS) is 11.8. The van der Waals surface area contributed by atoms with E-state index in [1.54, 1.807) is 30.3 Å². The molecule has 0 aliphatic carbocycles. The van der Waals surface area contributed by atoms with Crippen LogP contribution in [0.1, 0.15) is 6.42 Å². The molecule has 0 unspecified atom stereocenters. The molecule has 5 nitrogen and oxygen atoms in total. The molecule has 0 saturated carbocycles. The van der Waals surface area contributed by atoms with E-state index in [0.717, 1.165) is 0 Å². The second-order valence-electron chi connectivity index (χ2n) is 2.97. The molecule has 1 rings (SSSR count). The molecule has 1 atom stereocenters. The highest BCUT2D eigenvalue weighted by Crippen LogP contribution is 2.06. The number of nitrogens with one attached hydrogen (secondary N) is 1. The fraction of sp³-hybridized carbons (Fsp3) is 0.200. The van der Waals surface area contributed by atoms with Gasteiger partial charge in [0.05, 0.1) is 6.42 Å². The SMILES string of the molecule is O=C(C[C@@H](O)C(=O)O)Nc1ccccc1. The molecule has 0 radical (unpaired) electrons. The van der Waals surface area contributed by atoms with Crippen LogP contribution in [0.25, 0.3) is 0 Å². The largest absolute Gasteiger partial charge is 0.479 e. The number of aliphatic hydroxyl groups excluding tert-OH is 1. The number of hydrogen-bond donors (Lipinski definition) is 3. The summed E-state index contributed by atoms with van der Waals surface area (Å²) < 4.78 is 0. The topological polar surface area (TPSA) is 86.6 Å². The lowest BCUT2D eigenvalue weighted by atomic mass is 10.2. The monoisotopic (exact) mass is 209 g/mol. The summed E-state index contributed by atoms with van der Waals surface area (Å²) in [6, 6.07) is 8.62. The molecule has 5 heteroatoms. The Morgan fingerprint density at radius 2 is 1.87 bits per heavy atom. The van der Waals surface area contributed by atoms with E-state index in [1.807, 2.05) is 0 Å².